The third kappa shape index (κ3) is 16.9. The number of aromatic nitrogens is 8. The fraction of sp³-hybridized carbons (Fsp3) is 0.417. The van der Waals surface area contributed by atoms with Gasteiger partial charge in [-0.1, -0.05) is 86.6 Å². The van der Waals surface area contributed by atoms with Crippen LogP contribution in [-0.2, 0) is 30.5 Å². The molecule has 0 spiro atoms. The van der Waals surface area contributed by atoms with E-state index in [4.69, 9.17) is 21.1 Å². The van der Waals surface area contributed by atoms with Crippen molar-refractivity contribution in [3.63, 3.8) is 0 Å². The predicted molar refractivity (Wildman–Crippen MR) is 248 cm³/mol. The van der Waals surface area contributed by atoms with Gasteiger partial charge in [-0.2, -0.15) is 9.78 Å². The number of rotatable bonds is 13. The molecule has 0 atom stereocenters. The van der Waals surface area contributed by atoms with Gasteiger partial charge in [0.25, 0.3) is 5.91 Å². The van der Waals surface area contributed by atoms with Crippen LogP contribution in [0.15, 0.2) is 97.6 Å². The highest BCUT2D eigenvalue weighted by atomic mass is 35.5. The van der Waals surface area contributed by atoms with Crippen molar-refractivity contribution in [1.29, 1.82) is 0 Å². The number of aromatic amines is 1. The Morgan fingerprint density at radius 2 is 1.19 bits per heavy atom. The van der Waals surface area contributed by atoms with Gasteiger partial charge in [-0.25, -0.2) is 9.97 Å². The number of carbonyl (C=O) groups excluding carboxylic acids is 2. The molecule has 0 unspecified atom stereocenters. The van der Waals surface area contributed by atoms with Crippen molar-refractivity contribution in [3.8, 4) is 34.3 Å². The maximum absolute atomic E-state index is 12.9. The largest absolute Gasteiger partial charge is 0.497 e. The van der Waals surface area contributed by atoms with Crippen molar-refractivity contribution in [3.05, 3.63) is 120 Å². The van der Waals surface area contributed by atoms with Crippen LogP contribution >= 0.6 is 11.6 Å². The van der Waals surface area contributed by atoms with Gasteiger partial charge in [0, 0.05) is 59.6 Å². The summed E-state index contributed by atoms with van der Waals surface area (Å²) < 4.78 is 11.8. The average Bonchev–Trinajstić information content (AvgIpc) is 3.94. The second-order valence-electron chi connectivity index (χ2n) is 16.2. The third-order valence-corrected chi connectivity index (χ3v) is 10.0. The number of ether oxygens (including phenoxy) is 2. The van der Waals surface area contributed by atoms with Crippen LogP contribution in [0.4, 0.5) is 0 Å². The van der Waals surface area contributed by atoms with Gasteiger partial charge in [-0.3, -0.25) is 24.7 Å². The molecule has 0 saturated carbocycles. The van der Waals surface area contributed by atoms with Crippen LogP contribution < -0.4 is 9.47 Å². The van der Waals surface area contributed by atoms with E-state index >= 15 is 0 Å². The topological polar surface area (TPSA) is 154 Å². The van der Waals surface area contributed by atoms with Crippen molar-refractivity contribution >= 4 is 22.8 Å². The van der Waals surface area contributed by atoms with Crippen molar-refractivity contribution < 1.29 is 19.1 Å². The molecule has 0 aliphatic heterocycles. The Labute approximate surface area is 372 Å². The van der Waals surface area contributed by atoms with Gasteiger partial charge in [0.1, 0.15) is 23.1 Å². The van der Waals surface area contributed by atoms with Crippen LogP contribution in [0.3, 0.4) is 0 Å². The first-order valence-electron chi connectivity index (χ1n) is 20.9. The Balaban J connectivity index is 0.000000257. The molecule has 62 heavy (non-hydrogen) atoms. The number of hydrogen-bond donors (Lipinski definition) is 1. The quantitative estimate of drug-likeness (QED) is 0.110. The summed E-state index contributed by atoms with van der Waals surface area (Å²) in [6.07, 6.45) is 9.98. The van der Waals surface area contributed by atoms with Gasteiger partial charge in [0.15, 0.2) is 11.6 Å². The molecule has 0 saturated heterocycles. The Kier molecular flexibility index (Phi) is 20.6. The first kappa shape index (κ1) is 50.6. The highest BCUT2D eigenvalue weighted by Gasteiger charge is 2.27. The molecule has 0 aliphatic carbocycles. The number of nitrogens with one attached hydrogen (secondary N) is 1. The Hall–Kier alpha value is -5.79. The maximum Gasteiger partial charge on any atom is 0.253 e. The zero-order chi connectivity index (χ0) is 45.7. The number of aryl methyl sites for hydroxylation is 4. The second-order valence-corrected chi connectivity index (χ2v) is 16.6. The molecule has 4 heterocycles. The number of benzene rings is 2. The Morgan fingerprint density at radius 3 is 1.63 bits per heavy atom. The fourth-order valence-corrected chi connectivity index (χ4v) is 5.42. The summed E-state index contributed by atoms with van der Waals surface area (Å²) in [4.78, 5) is 42.7. The molecule has 6 aromatic rings. The van der Waals surface area contributed by atoms with Crippen molar-refractivity contribution in [2.45, 2.75) is 88.0 Å². The Morgan fingerprint density at radius 1 is 0.661 bits per heavy atom. The van der Waals surface area contributed by atoms with Crippen LogP contribution in [-0.4, -0.2) is 89.8 Å². The lowest BCUT2D eigenvalue weighted by atomic mass is 9.96. The first-order chi connectivity index (χ1) is 29.5. The lowest BCUT2D eigenvalue weighted by Gasteiger charge is -2.17. The number of halogens is 1. The van der Waals surface area contributed by atoms with E-state index in [2.05, 4.69) is 73.0 Å². The lowest BCUT2D eigenvalue weighted by molar-refractivity contribution is -0.118. The minimum absolute atomic E-state index is 0.0742. The fourth-order valence-electron chi connectivity index (χ4n) is 5.42. The van der Waals surface area contributed by atoms with Crippen LogP contribution in [0.25, 0.3) is 22.8 Å². The average molecular weight is 867 g/mol. The monoisotopic (exact) mass is 865 g/mol. The molecule has 332 valence electrons. The molecule has 1 N–H and O–H groups in total. The lowest BCUT2D eigenvalue weighted by Crippen LogP contribution is -2.29. The second kappa shape index (κ2) is 25.2. The minimum atomic E-state index is -0.547. The minimum Gasteiger partial charge on any atom is -0.497 e. The summed E-state index contributed by atoms with van der Waals surface area (Å²) in [6, 6.07) is 23.5. The summed E-state index contributed by atoms with van der Waals surface area (Å²) in [5.74, 6) is 4.40. The number of H-pyrrole nitrogens is 1. The van der Waals surface area contributed by atoms with E-state index in [0.29, 0.717) is 23.9 Å². The number of methoxy groups -OCH3 is 2. The van der Waals surface area contributed by atoms with Gasteiger partial charge in [-0.15, -0.1) is 5.10 Å². The summed E-state index contributed by atoms with van der Waals surface area (Å²) in [7, 11) is 3.32. The standard InChI is InChI=1S/C21H24N4O2.C16H16N4O.C6H15N.C5H9ClO/c1-21(2,3)20(26)25-18(12-9-15-7-10-17(27-4)11-8-15)23-19(24-25)16-6-5-13-22-14-16;1-21-14-5-2-12(3-6-14)4-7-15-18-16(20-19-15)13-8-10-17-11-9-13;1-4-7(5-2)6-3;1-5(2,3)4(6)7/h5-8,10-11,13-14H,9,12H2,1-4H3;2-3,5-6,8-11H,4,7H2,1H3,(H,18,19,20);4-6H2,1-3H3;1-3H3. The molecular weight excluding hydrogens is 802 g/mol. The number of carbonyl (C=O) groups is 2. The zero-order valence-electron chi connectivity index (χ0n) is 38.3. The van der Waals surface area contributed by atoms with Crippen molar-refractivity contribution in [2.75, 3.05) is 33.9 Å². The van der Waals surface area contributed by atoms with Crippen LogP contribution in [0.5, 0.6) is 11.5 Å². The first-order valence-corrected chi connectivity index (χ1v) is 21.3. The molecule has 6 rings (SSSR count). The van der Waals surface area contributed by atoms with Crippen LogP contribution in [0, 0.1) is 10.8 Å². The van der Waals surface area contributed by atoms with Crippen molar-refractivity contribution in [1.82, 2.24) is 44.8 Å². The smallest absolute Gasteiger partial charge is 0.253 e. The van der Waals surface area contributed by atoms with E-state index in [0.717, 1.165) is 53.3 Å². The Bertz CT molecular complexity index is 2190. The molecule has 0 radical (unpaired) electrons. The van der Waals surface area contributed by atoms with E-state index in [-0.39, 0.29) is 16.6 Å². The highest BCUT2D eigenvalue weighted by molar-refractivity contribution is 6.64. The molecule has 13 nitrogen and oxygen atoms in total. The summed E-state index contributed by atoms with van der Waals surface area (Å²) in [5, 5.41) is 11.4. The molecule has 0 amide bonds. The maximum atomic E-state index is 12.9. The van der Waals surface area contributed by atoms with E-state index in [1.165, 1.54) is 29.9 Å². The number of hydrogen-bond acceptors (Lipinski definition) is 11. The third-order valence-electron chi connectivity index (χ3n) is 9.44. The van der Waals surface area contributed by atoms with E-state index in [1.54, 1.807) is 59.8 Å². The van der Waals surface area contributed by atoms with Gasteiger partial charge >= 0.3 is 0 Å². The summed E-state index contributed by atoms with van der Waals surface area (Å²) in [5.41, 5.74) is 3.24. The molecule has 0 fully saturated rings. The van der Waals surface area contributed by atoms with E-state index in [1.807, 2.05) is 81.4 Å². The molecule has 14 heteroatoms. The number of pyridine rings is 2. The highest BCUT2D eigenvalue weighted by Crippen LogP contribution is 2.22. The summed E-state index contributed by atoms with van der Waals surface area (Å²) in [6.45, 7) is 21.1. The van der Waals surface area contributed by atoms with Gasteiger partial charge in [-0.05, 0) is 104 Å². The van der Waals surface area contributed by atoms with Crippen LogP contribution in [0.1, 0.15) is 89.9 Å². The summed E-state index contributed by atoms with van der Waals surface area (Å²) >= 11 is 5.11. The van der Waals surface area contributed by atoms with Crippen LogP contribution in [0.2, 0.25) is 0 Å². The van der Waals surface area contributed by atoms with Gasteiger partial charge in [0.05, 0.1) is 14.2 Å². The van der Waals surface area contributed by atoms with E-state index in [9.17, 15) is 9.59 Å². The van der Waals surface area contributed by atoms with Gasteiger partial charge in [0.2, 0.25) is 5.24 Å². The normalized spacial score (nSPS) is 11.0. The zero-order valence-corrected chi connectivity index (χ0v) is 39.0. The molecule has 0 aliphatic rings. The molecule has 0 bridgehead atoms. The number of nitrogens with zero attached hydrogens (tertiary/aromatic N) is 8. The predicted octanol–water partition coefficient (Wildman–Crippen LogP) is 9.63. The van der Waals surface area contributed by atoms with Crippen molar-refractivity contribution in [2.24, 2.45) is 10.8 Å². The molecule has 2 aromatic carbocycles. The van der Waals surface area contributed by atoms with E-state index < -0.39 is 5.41 Å². The molecular formula is C48H64ClN9O4. The van der Waals surface area contributed by atoms with Gasteiger partial charge < -0.3 is 14.4 Å². The molecule has 4 aromatic heterocycles. The SMILES string of the molecule is CC(C)(C)C(=O)Cl.CCN(CC)CC.COc1ccc(CCc2nc(-c3cccnc3)nn2C(=O)C(C)(C)C)cc1.COc1ccc(CCc2nc(-c3ccncc3)n[nH]2)cc1.